The fourth-order valence-corrected chi connectivity index (χ4v) is 4.89. The Morgan fingerprint density at radius 2 is 2.04 bits per heavy atom. The number of aromatic amines is 1. The van der Waals surface area contributed by atoms with Crippen molar-refractivity contribution in [1.29, 1.82) is 0 Å². The van der Waals surface area contributed by atoms with E-state index in [0.717, 1.165) is 18.0 Å². The number of rotatable bonds is 6. The van der Waals surface area contributed by atoms with E-state index < -0.39 is 0 Å². The Labute approximate surface area is 163 Å². The summed E-state index contributed by atoms with van der Waals surface area (Å²) in [5, 5.41) is 18.8. The molecule has 3 fully saturated rings. The van der Waals surface area contributed by atoms with Gasteiger partial charge < -0.3 is 9.47 Å². The number of ketones is 1. The summed E-state index contributed by atoms with van der Waals surface area (Å²) in [6.45, 7) is 1.05. The predicted octanol–water partition coefficient (Wildman–Crippen LogP) is 1.75. The second-order valence-electron chi connectivity index (χ2n) is 8.30. The van der Waals surface area contributed by atoms with Crippen LogP contribution < -0.4 is 0 Å². The van der Waals surface area contributed by atoms with Crippen LogP contribution in [0.3, 0.4) is 0 Å². The van der Waals surface area contributed by atoms with Crippen molar-refractivity contribution >= 4 is 5.78 Å². The molecule has 0 aromatic carbocycles. The molecule has 3 aliphatic rings. The van der Waals surface area contributed by atoms with E-state index in [1.54, 1.807) is 0 Å². The zero-order chi connectivity index (χ0) is 18.9. The van der Waals surface area contributed by atoms with Gasteiger partial charge in [0.1, 0.15) is 17.8 Å². The average Bonchev–Trinajstić information content (AvgIpc) is 3.49. The number of nitrogens with one attached hydrogen (secondary N) is 1. The summed E-state index contributed by atoms with van der Waals surface area (Å²) < 4.78 is 14.0. The molecule has 28 heavy (non-hydrogen) atoms. The first-order valence-electron chi connectivity index (χ1n) is 10.3. The van der Waals surface area contributed by atoms with Crippen LogP contribution in [0.25, 0.3) is 0 Å². The van der Waals surface area contributed by atoms with Crippen molar-refractivity contribution in [3.05, 3.63) is 23.8 Å². The second-order valence-corrected chi connectivity index (χ2v) is 8.30. The van der Waals surface area contributed by atoms with Gasteiger partial charge in [-0.15, -0.1) is 5.10 Å². The SMILES string of the molecule is O=C(C[C@H]1CO[C@H]2[C@@H]1OC[C@@H]2n1cc(CC2CCCCC2)nn1)c1cn[nH]n1. The minimum atomic E-state index is -0.0909. The molecule has 0 unspecified atom stereocenters. The van der Waals surface area contributed by atoms with E-state index in [0.29, 0.717) is 25.3 Å². The molecule has 4 heterocycles. The van der Waals surface area contributed by atoms with Gasteiger partial charge in [-0.05, 0) is 12.3 Å². The molecular weight excluding hydrogens is 360 g/mol. The highest BCUT2D eigenvalue weighted by Gasteiger charge is 2.49. The van der Waals surface area contributed by atoms with Crippen LogP contribution in [-0.2, 0) is 15.9 Å². The maximum atomic E-state index is 12.3. The van der Waals surface area contributed by atoms with Crippen LogP contribution in [0.4, 0.5) is 0 Å². The molecule has 1 aliphatic carbocycles. The number of carbonyl (C=O) groups excluding carboxylic acids is 1. The maximum Gasteiger partial charge on any atom is 0.185 e. The summed E-state index contributed by atoms with van der Waals surface area (Å²) in [6.07, 6.45) is 11.3. The Balaban J connectivity index is 1.21. The molecule has 0 amide bonds. The first-order chi connectivity index (χ1) is 13.8. The van der Waals surface area contributed by atoms with Gasteiger partial charge in [-0.2, -0.15) is 15.4 Å². The van der Waals surface area contributed by atoms with Gasteiger partial charge in [0.05, 0.1) is 31.2 Å². The molecule has 9 nitrogen and oxygen atoms in total. The molecule has 2 aromatic heterocycles. The summed E-state index contributed by atoms with van der Waals surface area (Å²) in [7, 11) is 0. The van der Waals surface area contributed by atoms with E-state index in [2.05, 4.69) is 31.9 Å². The van der Waals surface area contributed by atoms with Gasteiger partial charge in [-0.3, -0.25) is 4.79 Å². The third-order valence-electron chi connectivity index (χ3n) is 6.40. The minimum absolute atomic E-state index is 0.0183. The first-order valence-corrected chi connectivity index (χ1v) is 10.3. The van der Waals surface area contributed by atoms with Gasteiger partial charge in [0.15, 0.2) is 5.78 Å². The normalized spacial score (nSPS) is 30.6. The highest BCUT2D eigenvalue weighted by Crippen LogP contribution is 2.38. The van der Waals surface area contributed by atoms with E-state index in [1.807, 2.05) is 4.68 Å². The van der Waals surface area contributed by atoms with E-state index in [9.17, 15) is 4.79 Å². The van der Waals surface area contributed by atoms with Gasteiger partial charge in [-0.1, -0.05) is 37.3 Å². The van der Waals surface area contributed by atoms with E-state index in [-0.39, 0.29) is 30.0 Å². The predicted molar refractivity (Wildman–Crippen MR) is 97.6 cm³/mol. The second kappa shape index (κ2) is 7.71. The van der Waals surface area contributed by atoms with Crippen molar-refractivity contribution in [3.63, 3.8) is 0 Å². The number of hydrogen-bond acceptors (Lipinski definition) is 7. The van der Waals surface area contributed by atoms with Gasteiger partial charge >= 0.3 is 0 Å². The zero-order valence-electron chi connectivity index (χ0n) is 15.9. The Bertz CT molecular complexity index is 800. The van der Waals surface area contributed by atoms with Crippen molar-refractivity contribution in [1.82, 2.24) is 30.4 Å². The molecule has 0 radical (unpaired) electrons. The molecule has 0 bridgehead atoms. The Morgan fingerprint density at radius 3 is 2.86 bits per heavy atom. The summed E-state index contributed by atoms with van der Waals surface area (Å²) in [5.74, 6) is 0.733. The van der Waals surface area contributed by atoms with Gasteiger partial charge in [-0.25, -0.2) is 4.68 Å². The fourth-order valence-electron chi connectivity index (χ4n) is 4.89. The lowest BCUT2D eigenvalue weighted by molar-refractivity contribution is 0.0584. The van der Waals surface area contributed by atoms with Crippen LogP contribution in [0.5, 0.6) is 0 Å². The minimum Gasteiger partial charge on any atom is -0.373 e. The first kappa shape index (κ1) is 17.9. The van der Waals surface area contributed by atoms with Crippen LogP contribution in [0.2, 0.25) is 0 Å². The lowest BCUT2D eigenvalue weighted by Gasteiger charge is -2.20. The molecule has 9 heteroatoms. The van der Waals surface area contributed by atoms with Crippen molar-refractivity contribution in [2.45, 2.75) is 63.2 Å². The number of fused-ring (bicyclic) bond motifs is 1. The van der Waals surface area contributed by atoms with Crippen molar-refractivity contribution in [2.24, 2.45) is 11.8 Å². The molecule has 150 valence electrons. The van der Waals surface area contributed by atoms with Crippen molar-refractivity contribution in [3.8, 4) is 0 Å². The molecule has 2 aromatic rings. The Morgan fingerprint density at radius 1 is 1.18 bits per heavy atom. The number of Topliss-reactive ketones (excluding diaryl/α,β-unsaturated/α-hetero) is 1. The van der Waals surface area contributed by atoms with Crippen LogP contribution in [0.15, 0.2) is 12.4 Å². The quantitative estimate of drug-likeness (QED) is 0.754. The van der Waals surface area contributed by atoms with Crippen LogP contribution >= 0.6 is 0 Å². The summed E-state index contributed by atoms with van der Waals surface area (Å²) >= 11 is 0. The number of aromatic nitrogens is 6. The number of H-pyrrole nitrogens is 1. The average molecular weight is 386 g/mol. The molecule has 1 N–H and O–H groups in total. The number of nitrogens with zero attached hydrogens (tertiary/aromatic N) is 5. The van der Waals surface area contributed by atoms with Gasteiger partial charge in [0, 0.05) is 18.5 Å². The molecular formula is C19H26N6O3. The molecule has 4 atom stereocenters. The number of ether oxygens (including phenoxy) is 2. The third-order valence-corrected chi connectivity index (χ3v) is 6.40. The summed E-state index contributed by atoms with van der Waals surface area (Å²) in [4.78, 5) is 12.3. The van der Waals surface area contributed by atoms with E-state index in [4.69, 9.17) is 9.47 Å². The van der Waals surface area contributed by atoms with Crippen LogP contribution in [-0.4, -0.2) is 61.6 Å². The molecule has 1 saturated carbocycles. The van der Waals surface area contributed by atoms with Gasteiger partial charge in [0.25, 0.3) is 0 Å². The number of carbonyl (C=O) groups is 1. The summed E-state index contributed by atoms with van der Waals surface area (Å²) in [6, 6.07) is 0.0183. The molecule has 2 aliphatic heterocycles. The van der Waals surface area contributed by atoms with Crippen LogP contribution in [0, 0.1) is 11.8 Å². The van der Waals surface area contributed by atoms with Crippen molar-refractivity contribution < 1.29 is 14.3 Å². The Hall–Kier alpha value is -2.13. The standard InChI is InChI=1S/C19H26N6O3/c26-17(15-8-20-23-22-15)7-13-10-27-19-16(11-28-18(13)19)25-9-14(21-24-25)6-12-4-2-1-3-5-12/h8-9,12-13,16,18-19H,1-7,10-11H2,(H,20,22,23)/t13-,16-,18+,19+/m0/s1. The number of hydrogen-bond donors (Lipinski definition) is 1. The van der Waals surface area contributed by atoms with Crippen LogP contribution in [0.1, 0.15) is 60.7 Å². The van der Waals surface area contributed by atoms with Crippen molar-refractivity contribution in [2.75, 3.05) is 13.2 Å². The fraction of sp³-hybridized carbons (Fsp3) is 0.737. The molecule has 0 spiro atoms. The topological polar surface area (TPSA) is 108 Å². The Kier molecular flexibility index (Phi) is 4.94. The lowest BCUT2D eigenvalue weighted by atomic mass is 9.86. The van der Waals surface area contributed by atoms with Gasteiger partial charge in [0.2, 0.25) is 0 Å². The van der Waals surface area contributed by atoms with E-state index >= 15 is 0 Å². The zero-order valence-corrected chi connectivity index (χ0v) is 15.9. The molecule has 2 saturated heterocycles. The lowest BCUT2D eigenvalue weighted by Crippen LogP contribution is -2.29. The molecule has 5 rings (SSSR count). The monoisotopic (exact) mass is 386 g/mol. The maximum absolute atomic E-state index is 12.3. The van der Waals surface area contributed by atoms with E-state index in [1.165, 1.54) is 38.3 Å². The third kappa shape index (κ3) is 3.48. The highest BCUT2D eigenvalue weighted by atomic mass is 16.6. The largest absolute Gasteiger partial charge is 0.373 e. The highest BCUT2D eigenvalue weighted by molar-refractivity contribution is 5.94. The smallest absolute Gasteiger partial charge is 0.185 e. The summed E-state index contributed by atoms with van der Waals surface area (Å²) in [5.41, 5.74) is 1.42.